The molecule has 0 bridgehead atoms. The molecule has 23 heavy (non-hydrogen) atoms. The Morgan fingerprint density at radius 3 is 2.48 bits per heavy atom. The Labute approximate surface area is 146 Å². The van der Waals surface area contributed by atoms with Crippen LogP contribution in [0.2, 0.25) is 10.0 Å². The SMILES string of the molecule is CC(C)(C)OC(=O)N1CCC(=O)C(Cc2c(Cl)cccc2Cl)C1. The molecule has 1 unspecified atom stereocenters. The first kappa shape index (κ1) is 18.1. The third kappa shape index (κ3) is 4.85. The molecule has 0 N–H and O–H groups in total. The number of Topliss-reactive ketones (excluding diaryl/α,β-unsaturated/α-hetero) is 1. The van der Waals surface area contributed by atoms with E-state index in [-0.39, 0.29) is 17.8 Å². The minimum atomic E-state index is -0.555. The van der Waals surface area contributed by atoms with Crippen LogP contribution < -0.4 is 0 Å². The maximum atomic E-state index is 12.2. The van der Waals surface area contributed by atoms with Crippen molar-refractivity contribution in [1.29, 1.82) is 0 Å². The number of nitrogens with zero attached hydrogens (tertiary/aromatic N) is 1. The number of benzene rings is 1. The first-order valence-corrected chi connectivity index (χ1v) is 8.36. The van der Waals surface area contributed by atoms with Crippen molar-refractivity contribution in [3.05, 3.63) is 33.8 Å². The summed E-state index contributed by atoms with van der Waals surface area (Å²) in [5, 5.41) is 1.08. The Bertz CT molecular complexity index is 590. The molecule has 0 spiro atoms. The Kier molecular flexibility index (Phi) is 5.58. The molecule has 2 rings (SSSR count). The molecule has 1 aliphatic heterocycles. The van der Waals surface area contributed by atoms with E-state index in [0.717, 1.165) is 5.56 Å². The number of piperidine rings is 1. The maximum Gasteiger partial charge on any atom is 0.410 e. The van der Waals surface area contributed by atoms with Crippen LogP contribution in [0.4, 0.5) is 4.79 Å². The Morgan fingerprint density at radius 1 is 1.30 bits per heavy atom. The van der Waals surface area contributed by atoms with Gasteiger partial charge in [0.05, 0.1) is 0 Å². The van der Waals surface area contributed by atoms with Crippen molar-refractivity contribution in [2.24, 2.45) is 5.92 Å². The van der Waals surface area contributed by atoms with Gasteiger partial charge in [-0.2, -0.15) is 0 Å². The highest BCUT2D eigenvalue weighted by Gasteiger charge is 2.32. The molecule has 0 saturated carbocycles. The average Bonchev–Trinajstić information content (AvgIpc) is 2.43. The van der Waals surface area contributed by atoms with Crippen molar-refractivity contribution in [3.8, 4) is 0 Å². The van der Waals surface area contributed by atoms with E-state index in [9.17, 15) is 9.59 Å². The minimum absolute atomic E-state index is 0.126. The second kappa shape index (κ2) is 7.10. The van der Waals surface area contributed by atoms with Crippen LogP contribution in [-0.2, 0) is 16.0 Å². The summed E-state index contributed by atoms with van der Waals surface area (Å²) in [5.74, 6) is -0.186. The molecule has 1 aliphatic rings. The minimum Gasteiger partial charge on any atom is -0.444 e. The number of likely N-dealkylation sites (tertiary alicyclic amines) is 1. The fraction of sp³-hybridized carbons (Fsp3) is 0.529. The molecule has 0 aliphatic carbocycles. The molecule has 0 radical (unpaired) electrons. The van der Waals surface area contributed by atoms with Crippen LogP contribution >= 0.6 is 23.2 Å². The largest absolute Gasteiger partial charge is 0.444 e. The lowest BCUT2D eigenvalue weighted by Gasteiger charge is -2.33. The Hall–Kier alpha value is -1.26. The molecule has 1 heterocycles. The number of carbonyl (C=O) groups is 2. The second-order valence-corrected chi connectivity index (χ2v) is 7.56. The van der Waals surface area contributed by atoms with Gasteiger partial charge in [-0.15, -0.1) is 0 Å². The van der Waals surface area contributed by atoms with Crippen molar-refractivity contribution in [2.75, 3.05) is 13.1 Å². The molecule has 1 amide bonds. The first-order chi connectivity index (χ1) is 10.7. The highest BCUT2D eigenvalue weighted by molar-refractivity contribution is 6.36. The van der Waals surface area contributed by atoms with Gasteiger partial charge in [-0.25, -0.2) is 4.79 Å². The van der Waals surface area contributed by atoms with Gasteiger partial charge in [-0.3, -0.25) is 4.79 Å². The van der Waals surface area contributed by atoms with Crippen LogP contribution in [-0.4, -0.2) is 35.5 Å². The first-order valence-electron chi connectivity index (χ1n) is 7.61. The van der Waals surface area contributed by atoms with E-state index >= 15 is 0 Å². The van der Waals surface area contributed by atoms with Crippen molar-refractivity contribution in [3.63, 3.8) is 0 Å². The van der Waals surface area contributed by atoms with Crippen LogP contribution in [0.15, 0.2) is 18.2 Å². The van der Waals surface area contributed by atoms with Crippen LogP contribution in [0.1, 0.15) is 32.8 Å². The molecule has 1 aromatic rings. The summed E-state index contributed by atoms with van der Waals surface area (Å²) in [6.45, 7) is 6.18. The summed E-state index contributed by atoms with van der Waals surface area (Å²) < 4.78 is 5.38. The summed E-state index contributed by atoms with van der Waals surface area (Å²) >= 11 is 12.4. The fourth-order valence-corrected chi connectivity index (χ4v) is 3.10. The van der Waals surface area contributed by atoms with E-state index in [0.29, 0.717) is 36.0 Å². The summed E-state index contributed by atoms with van der Waals surface area (Å²) in [7, 11) is 0. The van der Waals surface area contributed by atoms with Gasteiger partial charge in [0.1, 0.15) is 11.4 Å². The summed E-state index contributed by atoms with van der Waals surface area (Å²) in [6.07, 6.45) is 0.364. The third-order valence-corrected chi connectivity index (χ3v) is 4.40. The quantitative estimate of drug-likeness (QED) is 0.789. The standard InChI is InChI=1S/C17H21Cl2NO3/c1-17(2,3)23-16(22)20-8-7-15(21)11(10-20)9-12-13(18)5-4-6-14(12)19/h4-6,11H,7-10H2,1-3H3. The van der Waals surface area contributed by atoms with E-state index in [2.05, 4.69) is 0 Å². The number of carbonyl (C=O) groups excluding carboxylic acids is 2. The van der Waals surface area contributed by atoms with Crippen molar-refractivity contribution < 1.29 is 14.3 Å². The summed E-state index contributed by atoms with van der Waals surface area (Å²) in [4.78, 5) is 26.0. The van der Waals surface area contributed by atoms with Gasteiger partial charge in [-0.1, -0.05) is 29.3 Å². The van der Waals surface area contributed by atoms with Crippen molar-refractivity contribution in [2.45, 2.75) is 39.2 Å². The molecule has 1 atom stereocenters. The zero-order valence-corrected chi connectivity index (χ0v) is 15.1. The average molecular weight is 358 g/mol. The molecule has 4 nitrogen and oxygen atoms in total. The number of amides is 1. The van der Waals surface area contributed by atoms with Crippen LogP contribution in [0, 0.1) is 5.92 Å². The van der Waals surface area contributed by atoms with Gasteiger partial charge in [0.15, 0.2) is 0 Å². The molecule has 126 valence electrons. The summed E-state index contributed by atoms with van der Waals surface area (Å²) in [5.41, 5.74) is 0.195. The lowest BCUT2D eigenvalue weighted by Crippen LogP contribution is -2.46. The maximum absolute atomic E-state index is 12.2. The molecule has 1 fully saturated rings. The number of rotatable bonds is 2. The highest BCUT2D eigenvalue weighted by Crippen LogP contribution is 2.29. The number of ether oxygens (including phenoxy) is 1. The normalized spacial score (nSPS) is 18.9. The Balaban J connectivity index is 2.09. The van der Waals surface area contributed by atoms with Gasteiger partial charge in [0.2, 0.25) is 0 Å². The van der Waals surface area contributed by atoms with Crippen LogP contribution in [0.5, 0.6) is 0 Å². The van der Waals surface area contributed by atoms with Crippen molar-refractivity contribution in [1.82, 2.24) is 4.90 Å². The monoisotopic (exact) mass is 357 g/mol. The number of ketones is 1. The van der Waals surface area contributed by atoms with Gasteiger partial charge < -0.3 is 9.64 Å². The molecule has 0 aromatic heterocycles. The van der Waals surface area contributed by atoms with Gasteiger partial charge in [0, 0.05) is 35.5 Å². The number of hydrogen-bond donors (Lipinski definition) is 0. The van der Waals surface area contributed by atoms with E-state index in [1.54, 1.807) is 23.1 Å². The van der Waals surface area contributed by atoms with Crippen LogP contribution in [0.25, 0.3) is 0 Å². The molecule has 6 heteroatoms. The predicted octanol–water partition coefficient (Wildman–Crippen LogP) is 4.36. The second-order valence-electron chi connectivity index (χ2n) is 6.74. The van der Waals surface area contributed by atoms with E-state index in [1.807, 2.05) is 20.8 Å². The zero-order chi connectivity index (χ0) is 17.2. The molecular formula is C17H21Cl2NO3. The smallest absolute Gasteiger partial charge is 0.410 e. The predicted molar refractivity (Wildman–Crippen MR) is 91.1 cm³/mol. The van der Waals surface area contributed by atoms with Gasteiger partial charge in [0.25, 0.3) is 0 Å². The van der Waals surface area contributed by atoms with Gasteiger partial charge in [-0.05, 0) is 44.9 Å². The fourth-order valence-electron chi connectivity index (χ4n) is 2.55. The lowest BCUT2D eigenvalue weighted by atomic mass is 9.90. The van der Waals surface area contributed by atoms with Crippen LogP contribution in [0.3, 0.4) is 0 Å². The van der Waals surface area contributed by atoms with E-state index < -0.39 is 5.60 Å². The highest BCUT2D eigenvalue weighted by atomic mass is 35.5. The third-order valence-electron chi connectivity index (χ3n) is 3.69. The zero-order valence-electron chi connectivity index (χ0n) is 13.6. The Morgan fingerprint density at radius 2 is 1.91 bits per heavy atom. The van der Waals surface area contributed by atoms with E-state index in [1.165, 1.54) is 0 Å². The van der Waals surface area contributed by atoms with Gasteiger partial charge >= 0.3 is 6.09 Å². The summed E-state index contributed by atoms with van der Waals surface area (Å²) in [6, 6.07) is 5.27. The molecule has 1 aromatic carbocycles. The van der Waals surface area contributed by atoms with E-state index in [4.69, 9.17) is 27.9 Å². The molecule has 1 saturated heterocycles. The topological polar surface area (TPSA) is 46.6 Å². The van der Waals surface area contributed by atoms with Crippen molar-refractivity contribution >= 4 is 35.1 Å². The number of halogens is 2. The number of hydrogen-bond acceptors (Lipinski definition) is 3. The lowest BCUT2D eigenvalue weighted by molar-refractivity contribution is -0.125. The molecular weight excluding hydrogens is 337 g/mol.